The van der Waals surface area contributed by atoms with Crippen molar-refractivity contribution >= 4 is 33.2 Å². The van der Waals surface area contributed by atoms with Crippen LogP contribution >= 0.6 is 11.6 Å². The average Bonchev–Trinajstić information content (AvgIpc) is 2.86. The van der Waals surface area contributed by atoms with Crippen LogP contribution in [0.2, 0.25) is 5.15 Å². The second kappa shape index (κ2) is 8.08. The molecule has 3 nitrogen and oxygen atoms in total. The Bertz CT molecular complexity index is 1060. The first kappa shape index (κ1) is 20.4. The summed E-state index contributed by atoms with van der Waals surface area (Å²) in [5, 5.41) is 6.43. The highest BCUT2D eigenvalue weighted by Crippen LogP contribution is 2.52. The van der Waals surface area contributed by atoms with E-state index in [2.05, 4.69) is 42.4 Å². The smallest absolute Gasteiger partial charge is 0.129 e. The van der Waals surface area contributed by atoms with E-state index < -0.39 is 10.8 Å². The van der Waals surface area contributed by atoms with E-state index in [9.17, 15) is 4.21 Å². The van der Waals surface area contributed by atoms with E-state index in [4.69, 9.17) is 11.6 Å². The summed E-state index contributed by atoms with van der Waals surface area (Å²) in [6.45, 7) is 4.42. The average molecular weight is 427 g/mol. The zero-order valence-electron chi connectivity index (χ0n) is 17.2. The zero-order chi connectivity index (χ0) is 20.6. The molecule has 29 heavy (non-hydrogen) atoms. The van der Waals surface area contributed by atoms with Gasteiger partial charge in [-0.25, -0.2) is 4.98 Å². The van der Waals surface area contributed by atoms with Gasteiger partial charge >= 0.3 is 0 Å². The van der Waals surface area contributed by atoms with Crippen molar-refractivity contribution in [1.82, 2.24) is 10.3 Å². The highest BCUT2D eigenvalue weighted by Gasteiger charge is 2.44. The molecule has 5 heteroatoms. The topological polar surface area (TPSA) is 42.0 Å². The third-order valence-electron chi connectivity index (χ3n) is 6.14. The Balaban J connectivity index is 1.96. The molecular weight excluding hydrogens is 400 g/mol. The van der Waals surface area contributed by atoms with E-state index in [0.717, 1.165) is 18.4 Å². The second-order valence-electron chi connectivity index (χ2n) is 8.33. The molecule has 1 aromatic heterocycles. The number of hydrogen-bond donors (Lipinski definition) is 1. The maximum Gasteiger partial charge on any atom is 0.129 e. The number of halogens is 1. The van der Waals surface area contributed by atoms with Gasteiger partial charge in [0.25, 0.3) is 0 Å². The third-order valence-corrected chi connectivity index (χ3v) is 7.06. The summed E-state index contributed by atoms with van der Waals surface area (Å²) in [4.78, 5) is 4.42. The minimum atomic E-state index is -0.907. The molecule has 152 valence electrons. The monoisotopic (exact) mass is 426 g/mol. The lowest BCUT2D eigenvalue weighted by molar-refractivity contribution is 0.285. The Kier molecular flexibility index (Phi) is 5.67. The molecule has 0 radical (unpaired) electrons. The number of hydrogen-bond acceptors (Lipinski definition) is 3. The second-order valence-corrected chi connectivity index (χ2v) is 10.1. The Morgan fingerprint density at radius 2 is 2.03 bits per heavy atom. The van der Waals surface area contributed by atoms with Crippen LogP contribution in [0.15, 0.2) is 60.1 Å². The Hall–Kier alpha value is -1.91. The van der Waals surface area contributed by atoms with Crippen LogP contribution in [0.1, 0.15) is 50.2 Å². The molecule has 2 aliphatic rings. The lowest BCUT2D eigenvalue weighted by Gasteiger charge is -2.46. The first-order valence-electron chi connectivity index (χ1n) is 10.1. The van der Waals surface area contributed by atoms with E-state index in [-0.39, 0.29) is 5.41 Å². The predicted molar refractivity (Wildman–Crippen MR) is 124 cm³/mol. The van der Waals surface area contributed by atoms with Crippen LogP contribution in [0.5, 0.6) is 0 Å². The van der Waals surface area contributed by atoms with E-state index in [0.29, 0.717) is 16.8 Å². The largest absolute Gasteiger partial charge is 0.364 e. The summed E-state index contributed by atoms with van der Waals surface area (Å²) in [6.07, 6.45) is 15.1. The molecule has 1 atom stereocenters. The maximum atomic E-state index is 12.1. The van der Waals surface area contributed by atoms with Crippen LogP contribution < -0.4 is 5.32 Å². The molecule has 1 N–H and O–H groups in total. The standard InChI is InChI=1S/C24H27ClN2OS/c1-16(2)18-8-9-21(20-14-27-22(25)13-19(18)20)24(10-6-11-24)23-17(15-29(3)28)7-4-5-12-26-23/h4-5,7-9,12-14,16,26H,6,10-11,15H2,1-3H3. The number of nitrogens with zero attached hydrogens (tertiary/aromatic N) is 1. The van der Waals surface area contributed by atoms with E-state index in [1.54, 1.807) is 6.26 Å². The molecule has 0 amide bonds. The minimum absolute atomic E-state index is 0.114. The van der Waals surface area contributed by atoms with Gasteiger partial charge < -0.3 is 5.32 Å². The molecule has 0 spiro atoms. The number of allylic oxidation sites excluding steroid dienone is 4. The molecule has 1 aliphatic carbocycles. The number of pyridine rings is 1. The number of aromatic nitrogens is 1. The highest BCUT2D eigenvalue weighted by atomic mass is 35.5. The van der Waals surface area contributed by atoms with Gasteiger partial charge in [-0.2, -0.15) is 0 Å². The van der Waals surface area contributed by atoms with Gasteiger partial charge in [0.2, 0.25) is 0 Å². The zero-order valence-corrected chi connectivity index (χ0v) is 18.7. The van der Waals surface area contributed by atoms with Gasteiger partial charge in [-0.15, -0.1) is 0 Å². The molecule has 2 aromatic rings. The van der Waals surface area contributed by atoms with Gasteiger partial charge in [0.1, 0.15) is 5.15 Å². The fourth-order valence-electron chi connectivity index (χ4n) is 4.66. The van der Waals surface area contributed by atoms with Crippen molar-refractivity contribution in [2.45, 2.75) is 44.4 Å². The van der Waals surface area contributed by atoms with Crippen molar-refractivity contribution in [3.63, 3.8) is 0 Å². The number of fused-ring (bicyclic) bond motifs is 1. The van der Waals surface area contributed by atoms with Gasteiger partial charge in [-0.05, 0) is 53.0 Å². The fraction of sp³-hybridized carbons (Fsp3) is 0.375. The quantitative estimate of drug-likeness (QED) is 0.620. The molecule has 1 aromatic carbocycles. The Morgan fingerprint density at radius 3 is 2.69 bits per heavy atom. The minimum Gasteiger partial charge on any atom is -0.364 e. The maximum absolute atomic E-state index is 12.1. The van der Waals surface area contributed by atoms with Gasteiger partial charge in [-0.1, -0.05) is 56.2 Å². The van der Waals surface area contributed by atoms with Gasteiger partial charge in [0, 0.05) is 51.7 Å². The molecule has 4 rings (SSSR count). The van der Waals surface area contributed by atoms with E-state index in [1.807, 2.05) is 30.6 Å². The molecule has 1 unspecified atom stereocenters. The van der Waals surface area contributed by atoms with Crippen LogP contribution in [0.3, 0.4) is 0 Å². The molecule has 1 saturated carbocycles. The summed E-state index contributed by atoms with van der Waals surface area (Å²) >= 11 is 6.28. The van der Waals surface area contributed by atoms with Gasteiger partial charge in [0.15, 0.2) is 0 Å². The number of rotatable bonds is 5. The van der Waals surface area contributed by atoms with Crippen molar-refractivity contribution in [2.75, 3.05) is 12.0 Å². The van der Waals surface area contributed by atoms with Crippen LogP contribution in [0.4, 0.5) is 0 Å². The van der Waals surface area contributed by atoms with Gasteiger partial charge in [-0.3, -0.25) is 4.21 Å². The number of benzene rings is 1. The lowest BCUT2D eigenvalue weighted by Crippen LogP contribution is -2.42. The lowest BCUT2D eigenvalue weighted by atomic mass is 9.60. The molecule has 1 aliphatic heterocycles. The highest BCUT2D eigenvalue weighted by molar-refractivity contribution is 7.84. The van der Waals surface area contributed by atoms with Crippen molar-refractivity contribution in [3.05, 3.63) is 76.4 Å². The molecule has 0 bridgehead atoms. The van der Waals surface area contributed by atoms with Crippen molar-refractivity contribution < 1.29 is 4.21 Å². The summed E-state index contributed by atoms with van der Waals surface area (Å²) in [5.74, 6) is 0.954. The van der Waals surface area contributed by atoms with Crippen molar-refractivity contribution in [3.8, 4) is 0 Å². The summed E-state index contributed by atoms with van der Waals surface area (Å²) in [6, 6.07) is 6.53. The van der Waals surface area contributed by atoms with E-state index >= 15 is 0 Å². The first-order valence-corrected chi connectivity index (χ1v) is 12.2. The Morgan fingerprint density at radius 1 is 1.24 bits per heavy atom. The SMILES string of the molecule is CC(C)c1ccc(C2(C3=C(CS(C)=O)C=CC=CN3)CCC2)c2cnc(Cl)cc12. The summed E-state index contributed by atoms with van der Waals surface area (Å²) in [7, 11) is -0.907. The predicted octanol–water partition coefficient (Wildman–Crippen LogP) is 5.74. The fourth-order valence-corrected chi connectivity index (χ4v) is 5.50. The number of nitrogens with one attached hydrogen (secondary N) is 1. The van der Waals surface area contributed by atoms with Crippen LogP contribution in [-0.4, -0.2) is 21.2 Å². The first-order chi connectivity index (χ1) is 13.9. The van der Waals surface area contributed by atoms with Crippen LogP contribution in [0.25, 0.3) is 10.8 Å². The molecule has 1 fully saturated rings. The van der Waals surface area contributed by atoms with E-state index in [1.165, 1.54) is 34.0 Å². The molecule has 0 saturated heterocycles. The van der Waals surface area contributed by atoms with Crippen LogP contribution in [0, 0.1) is 0 Å². The molecular formula is C24H27ClN2OS. The Labute approximate surface area is 180 Å². The summed E-state index contributed by atoms with van der Waals surface area (Å²) in [5.41, 5.74) is 4.77. The molecule has 2 heterocycles. The van der Waals surface area contributed by atoms with Gasteiger partial charge in [0.05, 0.1) is 0 Å². The summed E-state index contributed by atoms with van der Waals surface area (Å²) < 4.78 is 12.1. The van der Waals surface area contributed by atoms with Crippen molar-refractivity contribution in [1.29, 1.82) is 0 Å². The third kappa shape index (κ3) is 3.69. The normalized spacial score (nSPS) is 19.2. The van der Waals surface area contributed by atoms with Crippen molar-refractivity contribution in [2.24, 2.45) is 0 Å². The van der Waals surface area contributed by atoms with Crippen LogP contribution in [-0.2, 0) is 16.2 Å².